The van der Waals surface area contributed by atoms with Gasteiger partial charge in [-0.15, -0.1) is 0 Å². The van der Waals surface area contributed by atoms with Gasteiger partial charge in [-0.2, -0.15) is 0 Å². The molecule has 0 spiro atoms. The molecule has 1 aromatic rings. The number of nitrogens with one attached hydrogen (secondary N) is 1. The molecule has 4 nitrogen and oxygen atoms in total. The van der Waals surface area contributed by atoms with Gasteiger partial charge in [0.05, 0.1) is 6.10 Å². The van der Waals surface area contributed by atoms with Crippen LogP contribution < -0.4 is 0 Å². The topological polar surface area (TPSA) is 42.8 Å². The van der Waals surface area contributed by atoms with Gasteiger partial charge in [-0.25, -0.2) is 4.98 Å². The molecule has 1 aliphatic heterocycles. The molecule has 1 aromatic heterocycles. The minimum atomic E-state index is 0.430. The summed E-state index contributed by atoms with van der Waals surface area (Å²) in [5.74, 6) is 0.966. The first-order chi connectivity index (χ1) is 6.75. The number of nitrogens with zero attached hydrogens (tertiary/aromatic N) is 2. The summed E-state index contributed by atoms with van der Waals surface area (Å²) in [5, 5.41) is 3.11. The van der Waals surface area contributed by atoms with E-state index >= 15 is 0 Å². The maximum atomic E-state index is 5.54. The highest BCUT2D eigenvalue weighted by Crippen LogP contribution is 2.16. The third-order valence-corrected chi connectivity index (χ3v) is 2.91. The van der Waals surface area contributed by atoms with E-state index < -0.39 is 0 Å². The Hall–Kier alpha value is -0.680. The van der Waals surface area contributed by atoms with Crippen molar-refractivity contribution in [2.45, 2.75) is 31.8 Å². The summed E-state index contributed by atoms with van der Waals surface area (Å²) in [5.41, 5.74) is 0. The zero-order valence-corrected chi connectivity index (χ0v) is 9.14. The Labute approximate surface area is 88.3 Å². The third kappa shape index (κ3) is 2.22. The van der Waals surface area contributed by atoms with Crippen LogP contribution in [-0.2, 0) is 18.2 Å². The van der Waals surface area contributed by atoms with E-state index in [1.807, 2.05) is 7.05 Å². The molecule has 0 radical (unpaired) electrons. The van der Waals surface area contributed by atoms with E-state index in [4.69, 9.17) is 17.0 Å². The van der Waals surface area contributed by atoms with Crippen LogP contribution in [0.3, 0.4) is 0 Å². The van der Waals surface area contributed by atoms with Gasteiger partial charge in [-0.3, -0.25) is 9.78 Å². The molecule has 0 saturated carbocycles. The van der Waals surface area contributed by atoms with Crippen LogP contribution in [-0.4, -0.2) is 27.5 Å². The molecule has 5 heteroatoms. The van der Waals surface area contributed by atoms with Crippen molar-refractivity contribution in [1.82, 2.24) is 14.8 Å². The molecule has 0 amide bonds. The van der Waals surface area contributed by atoms with Gasteiger partial charge in [0.15, 0.2) is 0 Å². The van der Waals surface area contributed by atoms with Crippen LogP contribution >= 0.6 is 12.2 Å². The fraction of sp³-hybridized carbons (Fsp3) is 0.778. The molecule has 0 aliphatic carbocycles. The fourth-order valence-corrected chi connectivity index (χ4v) is 1.89. The van der Waals surface area contributed by atoms with E-state index in [9.17, 15) is 0 Å². The van der Waals surface area contributed by atoms with E-state index in [1.54, 1.807) is 4.68 Å². The highest BCUT2D eigenvalue weighted by atomic mass is 32.1. The smallest absolute Gasteiger partial charge is 0.215 e. The molecule has 78 valence electrons. The number of rotatable bonds is 3. The summed E-state index contributed by atoms with van der Waals surface area (Å²) < 4.78 is 7.92. The Morgan fingerprint density at radius 3 is 3.14 bits per heavy atom. The molecule has 14 heavy (non-hydrogen) atoms. The second-order valence-electron chi connectivity index (χ2n) is 3.69. The highest BCUT2D eigenvalue weighted by molar-refractivity contribution is 7.71. The van der Waals surface area contributed by atoms with E-state index in [2.05, 4.69) is 10.1 Å². The summed E-state index contributed by atoms with van der Waals surface area (Å²) in [6, 6.07) is 0. The Kier molecular flexibility index (Phi) is 2.98. The molecule has 1 aliphatic rings. The average molecular weight is 213 g/mol. The maximum Gasteiger partial charge on any atom is 0.215 e. The van der Waals surface area contributed by atoms with Gasteiger partial charge < -0.3 is 4.74 Å². The standard InChI is InChI=1S/C9H15N3OS/c1-12-9(14)10-8(11-12)5-4-7-3-2-6-13-7/h7H,2-6H2,1H3,(H,10,11,14). The van der Waals surface area contributed by atoms with Crippen LogP contribution in [0.4, 0.5) is 0 Å². The SMILES string of the molecule is Cn1[nH]c(CCC2CCCO2)nc1=S. The van der Waals surface area contributed by atoms with E-state index in [0.29, 0.717) is 10.9 Å². The van der Waals surface area contributed by atoms with E-state index in [0.717, 1.165) is 25.3 Å². The van der Waals surface area contributed by atoms with Crippen molar-refractivity contribution >= 4 is 12.2 Å². The number of hydrogen-bond acceptors (Lipinski definition) is 3. The van der Waals surface area contributed by atoms with Crippen LogP contribution in [0.15, 0.2) is 0 Å². The zero-order chi connectivity index (χ0) is 9.97. The van der Waals surface area contributed by atoms with Crippen LogP contribution in [0.1, 0.15) is 25.1 Å². The quantitative estimate of drug-likeness (QED) is 0.775. The van der Waals surface area contributed by atoms with Gasteiger partial charge in [0, 0.05) is 20.1 Å². The fourth-order valence-electron chi connectivity index (χ4n) is 1.74. The lowest BCUT2D eigenvalue weighted by Gasteiger charge is -2.06. The van der Waals surface area contributed by atoms with Crippen LogP contribution in [0, 0.1) is 4.77 Å². The largest absolute Gasteiger partial charge is 0.378 e. The van der Waals surface area contributed by atoms with Gasteiger partial charge in [-0.1, -0.05) is 0 Å². The Morgan fingerprint density at radius 1 is 1.71 bits per heavy atom. The number of hydrogen-bond donors (Lipinski definition) is 1. The van der Waals surface area contributed by atoms with Crippen molar-refractivity contribution in [3.05, 3.63) is 10.6 Å². The average Bonchev–Trinajstić information content (AvgIpc) is 2.74. The molecule has 0 aromatic carbocycles. The molecule has 1 N–H and O–H groups in total. The molecule has 2 rings (SSSR count). The van der Waals surface area contributed by atoms with Crippen LogP contribution in [0.25, 0.3) is 0 Å². The summed E-state index contributed by atoms with van der Waals surface area (Å²) in [7, 11) is 1.88. The predicted molar refractivity (Wildman–Crippen MR) is 55.7 cm³/mol. The first kappa shape index (κ1) is 9.86. The molecule has 0 bridgehead atoms. The van der Waals surface area contributed by atoms with Crippen LogP contribution in [0.5, 0.6) is 0 Å². The van der Waals surface area contributed by atoms with Gasteiger partial charge in [-0.05, 0) is 31.5 Å². The summed E-state index contributed by atoms with van der Waals surface area (Å²) in [6.45, 7) is 0.920. The number of ether oxygens (including phenoxy) is 1. The second-order valence-corrected chi connectivity index (χ2v) is 4.05. The second kappa shape index (κ2) is 4.23. The lowest BCUT2D eigenvalue weighted by atomic mass is 10.1. The number of aromatic amines is 1. The third-order valence-electron chi connectivity index (χ3n) is 2.54. The summed E-state index contributed by atoms with van der Waals surface area (Å²) >= 11 is 5.01. The molecular weight excluding hydrogens is 198 g/mol. The maximum absolute atomic E-state index is 5.54. The number of aromatic nitrogens is 3. The van der Waals surface area contributed by atoms with Gasteiger partial charge in [0.2, 0.25) is 4.77 Å². The van der Waals surface area contributed by atoms with Crippen LogP contribution in [0.2, 0.25) is 0 Å². The van der Waals surface area contributed by atoms with Gasteiger partial charge in [0.1, 0.15) is 5.82 Å². The van der Waals surface area contributed by atoms with Crippen molar-refractivity contribution < 1.29 is 4.74 Å². The van der Waals surface area contributed by atoms with E-state index in [-0.39, 0.29) is 0 Å². The van der Waals surface area contributed by atoms with Crippen molar-refractivity contribution in [2.24, 2.45) is 7.05 Å². The van der Waals surface area contributed by atoms with Gasteiger partial charge >= 0.3 is 0 Å². The van der Waals surface area contributed by atoms with Gasteiger partial charge in [0.25, 0.3) is 0 Å². The predicted octanol–water partition coefficient (Wildman–Crippen LogP) is 1.59. The van der Waals surface area contributed by atoms with Crippen molar-refractivity contribution in [2.75, 3.05) is 6.61 Å². The number of H-pyrrole nitrogens is 1. The minimum Gasteiger partial charge on any atom is -0.378 e. The number of aryl methyl sites for hydroxylation is 2. The Bertz CT molecular complexity index is 351. The first-order valence-electron chi connectivity index (χ1n) is 4.99. The zero-order valence-electron chi connectivity index (χ0n) is 8.32. The molecule has 1 atom stereocenters. The van der Waals surface area contributed by atoms with Crippen molar-refractivity contribution in [3.63, 3.8) is 0 Å². The lowest BCUT2D eigenvalue weighted by Crippen LogP contribution is -2.07. The first-order valence-corrected chi connectivity index (χ1v) is 5.40. The van der Waals surface area contributed by atoms with Crippen molar-refractivity contribution in [1.29, 1.82) is 0 Å². The Balaban J connectivity index is 1.88. The normalized spacial score (nSPS) is 21.6. The molecule has 2 heterocycles. The molecule has 1 unspecified atom stereocenters. The molecule has 1 fully saturated rings. The minimum absolute atomic E-state index is 0.430. The lowest BCUT2D eigenvalue weighted by molar-refractivity contribution is 0.104. The molecule has 1 saturated heterocycles. The highest BCUT2D eigenvalue weighted by Gasteiger charge is 2.15. The Morgan fingerprint density at radius 2 is 2.57 bits per heavy atom. The van der Waals surface area contributed by atoms with Crippen molar-refractivity contribution in [3.8, 4) is 0 Å². The monoisotopic (exact) mass is 213 g/mol. The summed E-state index contributed by atoms with van der Waals surface area (Å²) in [6.07, 6.45) is 4.78. The summed E-state index contributed by atoms with van der Waals surface area (Å²) in [4.78, 5) is 4.24. The van der Waals surface area contributed by atoms with E-state index in [1.165, 1.54) is 12.8 Å². The molecular formula is C9H15N3OS.